The van der Waals surface area contributed by atoms with Gasteiger partial charge in [0.15, 0.2) is 0 Å². The summed E-state index contributed by atoms with van der Waals surface area (Å²) in [7, 11) is 1.64. The highest BCUT2D eigenvalue weighted by Crippen LogP contribution is 2.32. The molecule has 1 aromatic heterocycles. The second-order valence-corrected chi connectivity index (χ2v) is 7.16. The van der Waals surface area contributed by atoms with Crippen molar-refractivity contribution in [2.24, 2.45) is 0 Å². The van der Waals surface area contributed by atoms with Crippen molar-refractivity contribution in [2.75, 3.05) is 7.11 Å². The summed E-state index contributed by atoms with van der Waals surface area (Å²) in [5, 5.41) is 15.3. The fraction of sp³-hybridized carbons (Fsp3) is 0.154. The predicted molar refractivity (Wildman–Crippen MR) is 121 cm³/mol. The summed E-state index contributed by atoms with van der Waals surface area (Å²) in [6.45, 7) is 7.12. The summed E-state index contributed by atoms with van der Waals surface area (Å²) in [5.74, 6) is 1.03. The maximum Gasteiger partial charge on any atom is 0.123 e. The van der Waals surface area contributed by atoms with Crippen molar-refractivity contribution in [3.63, 3.8) is 0 Å². The van der Waals surface area contributed by atoms with Gasteiger partial charge in [0.2, 0.25) is 0 Å². The zero-order valence-electron chi connectivity index (χ0n) is 16.9. The monoisotopic (exact) mass is 383 g/mol. The van der Waals surface area contributed by atoms with E-state index in [1.54, 1.807) is 7.11 Å². The Morgan fingerprint density at radius 3 is 2.52 bits per heavy atom. The number of benzene rings is 3. The number of hydrogen-bond acceptors (Lipinski definition) is 2. The smallest absolute Gasteiger partial charge is 0.123 e. The van der Waals surface area contributed by atoms with Gasteiger partial charge in [-0.1, -0.05) is 68.1 Å². The summed E-state index contributed by atoms with van der Waals surface area (Å²) in [6.07, 6.45) is 3.19. The molecule has 0 bridgehead atoms. The quantitative estimate of drug-likeness (QED) is 0.543. The van der Waals surface area contributed by atoms with Crippen molar-refractivity contribution < 1.29 is 9.84 Å². The van der Waals surface area contributed by atoms with Crippen LogP contribution in [0.4, 0.5) is 0 Å². The molecule has 29 heavy (non-hydrogen) atoms. The van der Waals surface area contributed by atoms with E-state index in [0.29, 0.717) is 6.54 Å². The number of aromatic nitrogens is 1. The third kappa shape index (κ3) is 3.52. The van der Waals surface area contributed by atoms with Gasteiger partial charge in [0, 0.05) is 33.6 Å². The van der Waals surface area contributed by atoms with Crippen LogP contribution >= 0.6 is 0 Å². The van der Waals surface area contributed by atoms with Crippen LogP contribution in [0, 0.1) is 0 Å². The van der Waals surface area contributed by atoms with E-state index in [1.807, 2.05) is 42.5 Å². The van der Waals surface area contributed by atoms with Gasteiger partial charge in [0.1, 0.15) is 11.5 Å². The van der Waals surface area contributed by atoms with Gasteiger partial charge >= 0.3 is 0 Å². The Labute approximate surface area is 170 Å². The van der Waals surface area contributed by atoms with Crippen LogP contribution in [0.2, 0.25) is 0 Å². The molecule has 146 valence electrons. The zero-order chi connectivity index (χ0) is 20.4. The molecule has 0 unspecified atom stereocenters. The molecule has 0 spiro atoms. The Hall–Kier alpha value is -3.46. The second-order valence-electron chi connectivity index (χ2n) is 7.16. The minimum Gasteiger partial charge on any atom is -0.507 e. The molecule has 0 aliphatic carbocycles. The van der Waals surface area contributed by atoms with E-state index in [9.17, 15) is 5.11 Å². The zero-order valence-corrected chi connectivity index (χ0v) is 16.9. The SMILES string of the molecule is C=c1c2ccccc2/c(=C/CC)n1Cc1ccc(-c2cccc(OC)c2)c(O)c1. The van der Waals surface area contributed by atoms with E-state index in [2.05, 4.69) is 48.4 Å². The first-order valence-electron chi connectivity index (χ1n) is 9.85. The summed E-state index contributed by atoms with van der Waals surface area (Å²) in [5.41, 5.74) is 2.75. The van der Waals surface area contributed by atoms with Gasteiger partial charge in [-0.25, -0.2) is 0 Å². The number of ether oxygens (including phenoxy) is 1. The van der Waals surface area contributed by atoms with Crippen molar-refractivity contribution in [2.45, 2.75) is 19.9 Å². The summed E-state index contributed by atoms with van der Waals surface area (Å²) >= 11 is 0. The first-order valence-corrected chi connectivity index (χ1v) is 9.85. The third-order valence-electron chi connectivity index (χ3n) is 5.31. The molecule has 0 atom stereocenters. The van der Waals surface area contributed by atoms with Crippen molar-refractivity contribution in [3.05, 3.63) is 83.0 Å². The maximum absolute atomic E-state index is 10.7. The second kappa shape index (κ2) is 7.88. The molecule has 0 amide bonds. The van der Waals surface area contributed by atoms with Crippen LogP contribution in [0.1, 0.15) is 18.9 Å². The fourth-order valence-corrected chi connectivity index (χ4v) is 3.88. The highest BCUT2D eigenvalue weighted by molar-refractivity contribution is 5.84. The maximum atomic E-state index is 10.7. The van der Waals surface area contributed by atoms with Crippen LogP contribution in [0.25, 0.3) is 34.6 Å². The summed E-state index contributed by atoms with van der Waals surface area (Å²) in [4.78, 5) is 0. The van der Waals surface area contributed by atoms with Gasteiger partial charge in [-0.15, -0.1) is 0 Å². The molecule has 3 heteroatoms. The van der Waals surface area contributed by atoms with Crippen LogP contribution in [-0.4, -0.2) is 16.8 Å². The van der Waals surface area contributed by atoms with Crippen LogP contribution < -0.4 is 15.4 Å². The first-order chi connectivity index (χ1) is 14.1. The molecule has 3 nitrogen and oxygen atoms in total. The molecule has 0 saturated carbocycles. The van der Waals surface area contributed by atoms with Crippen LogP contribution in [0.15, 0.2) is 66.7 Å². The Morgan fingerprint density at radius 2 is 1.79 bits per heavy atom. The van der Waals surface area contributed by atoms with E-state index >= 15 is 0 Å². The van der Waals surface area contributed by atoms with Crippen LogP contribution in [-0.2, 0) is 6.54 Å². The van der Waals surface area contributed by atoms with E-state index in [0.717, 1.165) is 34.2 Å². The minimum absolute atomic E-state index is 0.263. The van der Waals surface area contributed by atoms with E-state index in [4.69, 9.17) is 4.74 Å². The van der Waals surface area contributed by atoms with Crippen molar-refractivity contribution in [1.29, 1.82) is 0 Å². The average molecular weight is 383 g/mol. The number of methoxy groups -OCH3 is 1. The molecular weight excluding hydrogens is 358 g/mol. The molecule has 4 rings (SSSR count). The van der Waals surface area contributed by atoms with Gasteiger partial charge < -0.3 is 14.4 Å². The lowest BCUT2D eigenvalue weighted by Crippen LogP contribution is -2.26. The lowest BCUT2D eigenvalue weighted by Gasteiger charge is -2.10. The molecule has 0 aliphatic heterocycles. The molecule has 3 aromatic carbocycles. The van der Waals surface area contributed by atoms with Gasteiger partial charge in [-0.3, -0.25) is 0 Å². The molecule has 1 heterocycles. The lowest BCUT2D eigenvalue weighted by molar-refractivity contribution is 0.415. The van der Waals surface area contributed by atoms with E-state index < -0.39 is 0 Å². The third-order valence-corrected chi connectivity index (χ3v) is 5.31. The van der Waals surface area contributed by atoms with Crippen LogP contribution in [0.5, 0.6) is 11.5 Å². The molecule has 0 saturated heterocycles. The topological polar surface area (TPSA) is 34.4 Å². The van der Waals surface area contributed by atoms with Crippen molar-refractivity contribution in [1.82, 2.24) is 4.57 Å². The Balaban J connectivity index is 1.76. The van der Waals surface area contributed by atoms with Crippen molar-refractivity contribution >= 4 is 23.4 Å². The first kappa shape index (κ1) is 18.9. The number of aromatic hydroxyl groups is 1. The normalized spacial score (nSPS) is 11.9. The van der Waals surface area contributed by atoms with Gasteiger partial charge in [-0.05, 0) is 35.7 Å². The van der Waals surface area contributed by atoms with Crippen LogP contribution in [0.3, 0.4) is 0 Å². The van der Waals surface area contributed by atoms with Gasteiger partial charge in [-0.2, -0.15) is 0 Å². The number of fused-ring (bicyclic) bond motifs is 1. The Morgan fingerprint density at radius 1 is 1.00 bits per heavy atom. The molecule has 1 N–H and O–H groups in total. The molecule has 0 radical (unpaired) electrons. The molecule has 4 aromatic rings. The standard InChI is InChI=1S/C26H25NO2/c1-4-8-25-24-12-6-5-11-22(24)18(2)27(25)17-19-13-14-23(26(28)15-19)20-9-7-10-21(16-20)29-3/h5-16,28H,2,4,17H2,1,3H3/b25-8-. The number of phenolic OH excluding ortho intramolecular Hbond substituents is 1. The highest BCUT2D eigenvalue weighted by atomic mass is 16.5. The van der Waals surface area contributed by atoms with Gasteiger partial charge in [0.05, 0.1) is 7.11 Å². The van der Waals surface area contributed by atoms with E-state index in [-0.39, 0.29) is 5.75 Å². The largest absolute Gasteiger partial charge is 0.507 e. The summed E-state index contributed by atoms with van der Waals surface area (Å²) < 4.78 is 7.53. The minimum atomic E-state index is 0.263. The molecule has 0 fully saturated rings. The fourth-order valence-electron chi connectivity index (χ4n) is 3.88. The summed E-state index contributed by atoms with van der Waals surface area (Å²) in [6, 6.07) is 22.0. The molecule has 0 aliphatic rings. The molecular formula is C26H25NO2. The Bertz CT molecular complexity index is 1280. The number of rotatable bonds is 5. The Kier molecular flexibility index (Phi) is 5.13. The average Bonchev–Trinajstić information content (AvgIpc) is 3.00. The number of hydrogen-bond donors (Lipinski definition) is 1. The van der Waals surface area contributed by atoms with Crippen molar-refractivity contribution in [3.8, 4) is 22.6 Å². The number of nitrogens with zero attached hydrogens (tertiary/aromatic N) is 1. The highest BCUT2D eigenvalue weighted by Gasteiger charge is 2.10. The lowest BCUT2D eigenvalue weighted by atomic mass is 10.0. The van der Waals surface area contributed by atoms with Gasteiger partial charge in [0.25, 0.3) is 0 Å². The number of phenols is 1. The van der Waals surface area contributed by atoms with E-state index in [1.165, 1.54) is 16.1 Å². The predicted octanol–water partition coefficient (Wildman–Crippen LogP) is 4.67.